The van der Waals surface area contributed by atoms with Gasteiger partial charge in [0.1, 0.15) is 11.2 Å². The monoisotopic (exact) mass is 912 g/mol. The van der Waals surface area contributed by atoms with Gasteiger partial charge in [-0.05, 0) is 120 Å². The first-order valence-electron chi connectivity index (χ1n) is 23.6. The van der Waals surface area contributed by atoms with Gasteiger partial charge in [-0.25, -0.2) is 0 Å². The Morgan fingerprint density at radius 3 is 1.70 bits per heavy atom. The van der Waals surface area contributed by atoms with Crippen molar-refractivity contribution < 1.29 is 4.42 Å². The Bertz CT molecular complexity index is 3900. The average molecular weight is 913 g/mol. The van der Waals surface area contributed by atoms with E-state index in [0.717, 1.165) is 39.0 Å². The molecule has 0 bridgehead atoms. The molecule has 4 heteroatoms. The molecule has 1 spiro atoms. The number of nitrogens with zero attached hydrogens (tertiary/aromatic N) is 1. The van der Waals surface area contributed by atoms with Crippen molar-refractivity contribution in [1.82, 2.24) is 0 Å². The van der Waals surface area contributed by atoms with E-state index in [4.69, 9.17) is 4.42 Å². The van der Waals surface area contributed by atoms with Crippen molar-refractivity contribution in [3.63, 3.8) is 0 Å². The molecule has 0 unspecified atom stereocenters. The molecule has 2 aliphatic heterocycles. The van der Waals surface area contributed by atoms with E-state index in [2.05, 4.69) is 248 Å². The molecule has 2 nitrogen and oxygen atoms in total. The maximum atomic E-state index is 6.47. The zero-order valence-corrected chi connectivity index (χ0v) is 39.3. The minimum atomic E-state index is -1.43. The summed E-state index contributed by atoms with van der Waals surface area (Å²) in [6.45, 7) is 0. The summed E-state index contributed by atoms with van der Waals surface area (Å²) in [6.07, 6.45) is 0. The van der Waals surface area contributed by atoms with Gasteiger partial charge in [0.2, 0.25) is 0 Å². The predicted octanol–water partition coefficient (Wildman–Crippen LogP) is 15.2. The number of anilines is 3. The minimum Gasteiger partial charge on any atom is -0.456 e. The first kappa shape index (κ1) is 40.0. The number of hydrogen-bond donors (Lipinski definition) is 0. The summed E-state index contributed by atoms with van der Waals surface area (Å²) in [5, 5.41) is 9.02. The third kappa shape index (κ3) is 6.26. The van der Waals surface area contributed by atoms with Crippen molar-refractivity contribution >= 4 is 85.9 Å². The highest BCUT2D eigenvalue weighted by Crippen LogP contribution is 2.56. The van der Waals surface area contributed by atoms with Gasteiger partial charge in [-0.2, -0.15) is 0 Å². The fraction of sp³-hybridized carbons (Fsp3) is 0.0154. The van der Waals surface area contributed by atoms with Gasteiger partial charge in [0.25, 0.3) is 0 Å². The minimum absolute atomic E-state index is 0.458. The second-order valence-corrected chi connectivity index (χ2v) is 21.6. The number of hydrogen-bond acceptors (Lipinski definition) is 3. The van der Waals surface area contributed by atoms with Gasteiger partial charge in [0.15, 0.2) is 8.80 Å². The third-order valence-corrected chi connectivity index (χ3v) is 18.5. The molecule has 1 aromatic heterocycles. The first-order valence-corrected chi connectivity index (χ1v) is 26.0. The number of rotatable bonds is 6. The molecular formula is C65H42NOSSi. The molecule has 0 N–H and O–H groups in total. The van der Waals surface area contributed by atoms with Crippen LogP contribution in [0.1, 0.15) is 22.3 Å². The van der Waals surface area contributed by atoms with Crippen LogP contribution < -0.4 is 20.5 Å². The average Bonchev–Trinajstić information content (AvgIpc) is 3.79. The molecule has 69 heavy (non-hydrogen) atoms. The summed E-state index contributed by atoms with van der Waals surface area (Å²) in [7, 11) is -1.43. The lowest BCUT2D eigenvalue weighted by molar-refractivity contribution is 0.669. The van der Waals surface area contributed by atoms with Crippen LogP contribution >= 0.6 is 11.8 Å². The van der Waals surface area contributed by atoms with E-state index >= 15 is 0 Å². The Labute approximate surface area is 407 Å². The molecule has 11 aromatic carbocycles. The molecule has 12 aromatic rings. The van der Waals surface area contributed by atoms with Crippen molar-refractivity contribution in [2.75, 3.05) is 4.90 Å². The maximum absolute atomic E-state index is 6.47. The zero-order chi connectivity index (χ0) is 45.5. The van der Waals surface area contributed by atoms with Crippen LogP contribution in [0.3, 0.4) is 0 Å². The fourth-order valence-corrected chi connectivity index (χ4v) is 15.7. The van der Waals surface area contributed by atoms with E-state index in [1.54, 1.807) is 0 Å². The molecule has 14 rings (SSSR count). The summed E-state index contributed by atoms with van der Waals surface area (Å²) in [5.41, 5.74) is 14.8. The van der Waals surface area contributed by atoms with Gasteiger partial charge in [-0.1, -0.05) is 211 Å². The summed E-state index contributed by atoms with van der Waals surface area (Å²) >= 11 is 1.90. The van der Waals surface area contributed by atoms with Crippen LogP contribution in [0.2, 0.25) is 0 Å². The van der Waals surface area contributed by atoms with Crippen molar-refractivity contribution in [2.45, 2.75) is 15.2 Å². The van der Waals surface area contributed by atoms with Gasteiger partial charge in [-0.3, -0.25) is 0 Å². The van der Waals surface area contributed by atoms with Crippen molar-refractivity contribution in [3.05, 3.63) is 277 Å². The Kier molecular flexibility index (Phi) is 9.26. The summed E-state index contributed by atoms with van der Waals surface area (Å²) < 4.78 is 6.47. The van der Waals surface area contributed by atoms with E-state index in [1.165, 1.54) is 80.6 Å². The number of benzene rings is 11. The quantitative estimate of drug-likeness (QED) is 0.155. The predicted molar refractivity (Wildman–Crippen MR) is 290 cm³/mol. The molecule has 3 heterocycles. The Hall–Kier alpha value is -8.15. The zero-order valence-electron chi connectivity index (χ0n) is 37.5. The highest BCUT2D eigenvalue weighted by atomic mass is 32.2. The fourth-order valence-electron chi connectivity index (χ4n) is 11.4. The van der Waals surface area contributed by atoms with Crippen molar-refractivity contribution in [3.8, 4) is 22.3 Å². The van der Waals surface area contributed by atoms with Crippen LogP contribution in [0.5, 0.6) is 0 Å². The Balaban J connectivity index is 0.919. The van der Waals surface area contributed by atoms with Crippen LogP contribution in [0.15, 0.2) is 269 Å². The highest BCUT2D eigenvalue weighted by Gasteiger charge is 2.50. The van der Waals surface area contributed by atoms with E-state index in [1.807, 2.05) is 23.9 Å². The van der Waals surface area contributed by atoms with Gasteiger partial charge >= 0.3 is 0 Å². The van der Waals surface area contributed by atoms with Gasteiger partial charge in [-0.15, -0.1) is 0 Å². The molecule has 0 amide bonds. The van der Waals surface area contributed by atoms with E-state index in [0.29, 0.717) is 0 Å². The van der Waals surface area contributed by atoms with E-state index < -0.39 is 14.2 Å². The molecular weight excluding hydrogens is 871 g/mol. The van der Waals surface area contributed by atoms with Crippen LogP contribution in [-0.4, -0.2) is 8.80 Å². The Morgan fingerprint density at radius 1 is 0.362 bits per heavy atom. The van der Waals surface area contributed by atoms with E-state index in [-0.39, 0.29) is 0 Å². The van der Waals surface area contributed by atoms with Gasteiger partial charge in [0, 0.05) is 43.7 Å². The lowest BCUT2D eigenvalue weighted by atomic mass is 9.64. The molecule has 323 valence electrons. The topological polar surface area (TPSA) is 16.4 Å². The van der Waals surface area contributed by atoms with Crippen LogP contribution in [0.25, 0.3) is 55.0 Å². The molecule has 0 aliphatic carbocycles. The second kappa shape index (κ2) is 16.0. The molecule has 2 aliphatic rings. The standard InChI is InChI=1S/C65H42NOSSi/c1-2-17-50(18-3-1)69-63-28-13-9-24-57(63)65(55-22-7-11-26-61(55)68-62-27-12-8-23-56(62)65)58-40-33-46(41-64(58)69)43-29-34-47(35-30-43)66(49-38-39-54-53-20-6-10-25-59(53)67-60(54)42-49)48-36-31-45(32-37-48)52-21-14-16-44-15-4-5-19-51(44)52/h1-42H. The van der Waals surface area contributed by atoms with Crippen LogP contribution in [0, 0.1) is 0 Å². The van der Waals surface area contributed by atoms with Crippen LogP contribution in [0.4, 0.5) is 17.1 Å². The smallest absolute Gasteiger partial charge is 0.155 e. The lowest BCUT2D eigenvalue weighted by Gasteiger charge is -2.47. The second-order valence-electron chi connectivity index (χ2n) is 18.1. The molecule has 0 fully saturated rings. The van der Waals surface area contributed by atoms with Gasteiger partial charge < -0.3 is 9.32 Å². The largest absolute Gasteiger partial charge is 0.456 e. The first-order chi connectivity index (χ1) is 34.2. The van der Waals surface area contributed by atoms with Crippen LogP contribution in [-0.2, 0) is 5.41 Å². The maximum Gasteiger partial charge on any atom is 0.155 e. The van der Waals surface area contributed by atoms with E-state index in [9.17, 15) is 0 Å². The molecule has 0 saturated heterocycles. The summed E-state index contributed by atoms with van der Waals surface area (Å²) in [5.74, 6) is 0. The number of para-hydroxylation sites is 1. The highest BCUT2D eigenvalue weighted by molar-refractivity contribution is 7.99. The third-order valence-electron chi connectivity index (χ3n) is 14.5. The lowest BCUT2D eigenvalue weighted by Crippen LogP contribution is -2.62. The molecule has 1 radical (unpaired) electrons. The molecule has 0 saturated carbocycles. The van der Waals surface area contributed by atoms with Gasteiger partial charge in [0.05, 0.1) is 5.41 Å². The normalized spacial score (nSPS) is 13.5. The summed E-state index contributed by atoms with van der Waals surface area (Å²) in [6, 6.07) is 94.4. The number of fused-ring (bicyclic) bond motifs is 12. The number of furan rings is 1. The summed E-state index contributed by atoms with van der Waals surface area (Å²) in [4.78, 5) is 4.99. The SMILES string of the molecule is c1ccc([Si]2c3ccccc3C3(c4ccccc4Sc4ccccc43)c3ccc(-c4ccc(N(c5ccc(-c6cccc7ccccc67)cc5)c5ccc6c(c5)oc5ccccc56)cc4)cc32)cc1. The van der Waals surface area contributed by atoms with Crippen molar-refractivity contribution in [1.29, 1.82) is 0 Å². The van der Waals surface area contributed by atoms with Crippen molar-refractivity contribution in [2.24, 2.45) is 0 Å². The Morgan fingerprint density at radius 2 is 0.928 bits per heavy atom. The molecule has 0 atom stereocenters.